The Balaban J connectivity index is 1.61. The van der Waals surface area contributed by atoms with Crippen LogP contribution in [0.4, 0.5) is 0 Å². The summed E-state index contributed by atoms with van der Waals surface area (Å²) in [5.41, 5.74) is 4.78. The number of aromatic amines is 1. The highest BCUT2D eigenvalue weighted by molar-refractivity contribution is 6.31. The number of carbonyl (C=O) groups excluding carboxylic acids is 1. The maximum Gasteiger partial charge on any atom is 0.273 e. The van der Waals surface area contributed by atoms with Gasteiger partial charge in [-0.3, -0.25) is 9.89 Å². The molecule has 1 N–H and O–H groups in total. The molecule has 6 nitrogen and oxygen atoms in total. The Morgan fingerprint density at radius 1 is 0.939 bits per heavy atom. The van der Waals surface area contributed by atoms with Crippen molar-refractivity contribution in [3.05, 3.63) is 100 Å². The first kappa shape index (κ1) is 21.1. The fraction of sp³-hybridized carbons (Fsp3) is 0.154. The second-order valence-electron chi connectivity index (χ2n) is 7.79. The Labute approximate surface area is 196 Å². The number of hydrogen-bond donors (Lipinski definition) is 1. The van der Waals surface area contributed by atoms with Crippen molar-refractivity contribution >= 4 is 17.5 Å². The molecule has 7 heteroatoms. The third-order valence-corrected chi connectivity index (χ3v) is 6.28. The fourth-order valence-electron chi connectivity index (χ4n) is 4.28. The van der Waals surface area contributed by atoms with Gasteiger partial charge in [-0.2, -0.15) is 5.10 Å². The molecule has 1 amide bonds. The number of halogens is 1. The van der Waals surface area contributed by atoms with Crippen molar-refractivity contribution in [2.45, 2.75) is 12.6 Å². The molecule has 1 atom stereocenters. The van der Waals surface area contributed by atoms with Gasteiger partial charge in [-0.15, -0.1) is 0 Å². The van der Waals surface area contributed by atoms with Crippen LogP contribution in [0.2, 0.25) is 5.02 Å². The average molecular weight is 460 g/mol. The summed E-state index contributed by atoms with van der Waals surface area (Å²) in [6.07, 6.45) is 0. The molecule has 3 aromatic carbocycles. The van der Waals surface area contributed by atoms with Crippen LogP contribution in [0, 0.1) is 0 Å². The van der Waals surface area contributed by atoms with E-state index in [4.69, 9.17) is 21.1 Å². The highest BCUT2D eigenvalue weighted by atomic mass is 35.5. The first-order chi connectivity index (χ1) is 16.1. The molecule has 0 fully saturated rings. The topological polar surface area (TPSA) is 67.5 Å². The molecule has 33 heavy (non-hydrogen) atoms. The van der Waals surface area contributed by atoms with Crippen molar-refractivity contribution in [2.24, 2.45) is 0 Å². The summed E-state index contributed by atoms with van der Waals surface area (Å²) < 4.78 is 10.6. The molecule has 0 saturated heterocycles. The Hall–Kier alpha value is -3.77. The minimum atomic E-state index is -0.376. The largest absolute Gasteiger partial charge is 0.497 e. The van der Waals surface area contributed by atoms with Crippen LogP contribution in [0.15, 0.2) is 72.8 Å². The lowest BCUT2D eigenvalue weighted by Gasteiger charge is -2.27. The number of hydrogen-bond acceptors (Lipinski definition) is 4. The smallest absolute Gasteiger partial charge is 0.273 e. The van der Waals surface area contributed by atoms with Crippen LogP contribution in [-0.2, 0) is 6.54 Å². The summed E-state index contributed by atoms with van der Waals surface area (Å²) in [6.45, 7) is 0.420. The van der Waals surface area contributed by atoms with E-state index in [1.165, 1.54) is 0 Å². The molecule has 1 unspecified atom stereocenters. The van der Waals surface area contributed by atoms with Gasteiger partial charge in [0, 0.05) is 22.7 Å². The minimum Gasteiger partial charge on any atom is -0.497 e. The molecule has 0 bridgehead atoms. The predicted octanol–water partition coefficient (Wildman–Crippen LogP) is 5.49. The van der Waals surface area contributed by atoms with Gasteiger partial charge in [0.05, 0.1) is 26.0 Å². The second kappa shape index (κ2) is 8.64. The van der Waals surface area contributed by atoms with Crippen molar-refractivity contribution in [1.29, 1.82) is 0 Å². The minimum absolute atomic E-state index is 0.113. The van der Waals surface area contributed by atoms with E-state index in [2.05, 4.69) is 10.2 Å². The van der Waals surface area contributed by atoms with Gasteiger partial charge < -0.3 is 14.4 Å². The number of rotatable bonds is 6. The zero-order chi connectivity index (χ0) is 22.9. The van der Waals surface area contributed by atoms with Crippen molar-refractivity contribution in [1.82, 2.24) is 15.1 Å². The van der Waals surface area contributed by atoms with Crippen LogP contribution in [0.1, 0.15) is 33.2 Å². The van der Waals surface area contributed by atoms with E-state index in [-0.39, 0.29) is 11.9 Å². The first-order valence-corrected chi connectivity index (χ1v) is 10.9. The average Bonchev–Trinajstić information content (AvgIpc) is 3.39. The van der Waals surface area contributed by atoms with Crippen LogP contribution < -0.4 is 9.47 Å². The zero-order valence-electron chi connectivity index (χ0n) is 18.2. The van der Waals surface area contributed by atoms with E-state index in [1.807, 2.05) is 77.7 Å². The lowest BCUT2D eigenvalue weighted by molar-refractivity contribution is 0.0730. The van der Waals surface area contributed by atoms with E-state index in [0.29, 0.717) is 17.3 Å². The summed E-state index contributed by atoms with van der Waals surface area (Å²) in [7, 11) is 3.26. The van der Waals surface area contributed by atoms with E-state index in [9.17, 15) is 4.79 Å². The fourth-order valence-corrected chi connectivity index (χ4v) is 4.52. The van der Waals surface area contributed by atoms with Gasteiger partial charge in [0.2, 0.25) is 0 Å². The van der Waals surface area contributed by atoms with Gasteiger partial charge in [-0.1, -0.05) is 41.9 Å². The molecule has 166 valence electrons. The Morgan fingerprint density at radius 2 is 1.58 bits per heavy atom. The highest BCUT2D eigenvalue weighted by Gasteiger charge is 2.42. The Morgan fingerprint density at radius 3 is 2.21 bits per heavy atom. The number of H-pyrrole nitrogens is 1. The number of amides is 1. The van der Waals surface area contributed by atoms with Gasteiger partial charge in [-0.25, -0.2) is 0 Å². The first-order valence-electron chi connectivity index (χ1n) is 10.5. The number of nitrogens with one attached hydrogen (secondary N) is 1. The van der Waals surface area contributed by atoms with Crippen molar-refractivity contribution < 1.29 is 14.3 Å². The van der Waals surface area contributed by atoms with Crippen LogP contribution in [0.3, 0.4) is 0 Å². The number of aromatic nitrogens is 2. The van der Waals surface area contributed by atoms with Gasteiger partial charge >= 0.3 is 0 Å². The third kappa shape index (κ3) is 3.72. The standard InChI is InChI=1S/C26H22ClN3O3/c1-32-18-11-7-16(8-12-18)15-30-25(20-5-3-4-6-21(20)27)22-23(28-29-24(22)26(30)31)17-9-13-19(33-2)14-10-17/h3-14,25H,15H2,1-2H3,(H,28,29). The summed E-state index contributed by atoms with van der Waals surface area (Å²) in [5, 5.41) is 8.09. The van der Waals surface area contributed by atoms with Crippen molar-refractivity contribution in [2.75, 3.05) is 14.2 Å². The lowest BCUT2D eigenvalue weighted by atomic mass is 9.95. The van der Waals surface area contributed by atoms with Crippen LogP contribution >= 0.6 is 11.6 Å². The quantitative estimate of drug-likeness (QED) is 0.414. The number of methoxy groups -OCH3 is 2. The lowest BCUT2D eigenvalue weighted by Crippen LogP contribution is -2.29. The molecule has 2 heterocycles. The number of fused-ring (bicyclic) bond motifs is 1. The monoisotopic (exact) mass is 459 g/mol. The maximum atomic E-state index is 13.5. The van der Waals surface area contributed by atoms with Gasteiger partial charge in [0.15, 0.2) is 0 Å². The van der Waals surface area contributed by atoms with Crippen LogP contribution in [0.5, 0.6) is 11.5 Å². The molecule has 0 aliphatic carbocycles. The van der Waals surface area contributed by atoms with E-state index in [0.717, 1.165) is 39.4 Å². The Bertz CT molecular complexity index is 1300. The highest BCUT2D eigenvalue weighted by Crippen LogP contribution is 2.45. The third-order valence-electron chi connectivity index (χ3n) is 5.94. The van der Waals surface area contributed by atoms with Gasteiger partial charge in [0.25, 0.3) is 5.91 Å². The molecule has 0 spiro atoms. The normalized spacial score (nSPS) is 14.9. The van der Waals surface area contributed by atoms with Gasteiger partial charge in [0.1, 0.15) is 17.2 Å². The van der Waals surface area contributed by atoms with Crippen LogP contribution in [0.25, 0.3) is 11.3 Å². The SMILES string of the molecule is COc1ccc(CN2C(=O)c3[nH]nc(-c4ccc(OC)cc4)c3C2c2ccccc2Cl)cc1. The summed E-state index contributed by atoms with van der Waals surface area (Å²) in [5.74, 6) is 1.41. The Kier molecular flexibility index (Phi) is 5.52. The summed E-state index contributed by atoms with van der Waals surface area (Å²) >= 11 is 6.63. The van der Waals surface area contributed by atoms with E-state index < -0.39 is 0 Å². The number of ether oxygens (including phenoxy) is 2. The molecule has 1 aliphatic rings. The second-order valence-corrected chi connectivity index (χ2v) is 8.20. The van der Waals surface area contributed by atoms with Crippen molar-refractivity contribution in [3.8, 4) is 22.8 Å². The zero-order valence-corrected chi connectivity index (χ0v) is 19.0. The van der Waals surface area contributed by atoms with Gasteiger partial charge in [-0.05, 0) is 53.6 Å². The molecule has 1 aromatic heterocycles. The summed E-state index contributed by atoms with van der Waals surface area (Å²) in [6, 6.07) is 22.6. The number of nitrogens with zero attached hydrogens (tertiary/aromatic N) is 2. The van der Waals surface area contributed by atoms with Crippen molar-refractivity contribution in [3.63, 3.8) is 0 Å². The molecular weight excluding hydrogens is 438 g/mol. The molecule has 5 rings (SSSR count). The molecule has 4 aromatic rings. The van der Waals surface area contributed by atoms with E-state index >= 15 is 0 Å². The molecular formula is C26H22ClN3O3. The number of benzene rings is 3. The predicted molar refractivity (Wildman–Crippen MR) is 127 cm³/mol. The van der Waals surface area contributed by atoms with E-state index in [1.54, 1.807) is 14.2 Å². The maximum absolute atomic E-state index is 13.5. The summed E-state index contributed by atoms with van der Waals surface area (Å²) in [4.78, 5) is 15.4. The van der Waals surface area contributed by atoms with Crippen LogP contribution in [-0.4, -0.2) is 35.2 Å². The molecule has 0 radical (unpaired) electrons. The molecule has 1 aliphatic heterocycles. The molecule has 0 saturated carbocycles. The number of carbonyl (C=O) groups is 1.